The topological polar surface area (TPSA) is 59.7 Å². The lowest BCUT2D eigenvalue weighted by molar-refractivity contribution is -0.132. The van der Waals surface area contributed by atoms with Crippen LogP contribution in [0.3, 0.4) is 0 Å². The Kier molecular flexibility index (Phi) is 5.29. The number of hydrogen-bond donors (Lipinski definition) is 0. The highest BCUT2D eigenvalue weighted by Crippen LogP contribution is 2.33. The average molecular weight is 429 g/mol. The quantitative estimate of drug-likeness (QED) is 0.458. The van der Waals surface area contributed by atoms with Gasteiger partial charge in [-0.25, -0.2) is 9.50 Å². The first-order valence-electron chi connectivity index (χ1n) is 11.2. The summed E-state index contributed by atoms with van der Waals surface area (Å²) < 4.78 is 7.20. The van der Waals surface area contributed by atoms with Crippen LogP contribution in [0.5, 0.6) is 5.75 Å². The molecule has 0 radical (unpaired) electrons. The normalized spacial score (nSPS) is 16.2. The third-order valence-corrected chi connectivity index (χ3v) is 6.68. The first kappa shape index (κ1) is 20.5. The van der Waals surface area contributed by atoms with Crippen molar-refractivity contribution in [3.05, 3.63) is 71.0 Å². The molecule has 0 aliphatic carbocycles. The van der Waals surface area contributed by atoms with Gasteiger partial charge in [-0.3, -0.25) is 4.79 Å². The van der Waals surface area contributed by atoms with Gasteiger partial charge in [0.05, 0.1) is 18.7 Å². The summed E-state index contributed by atoms with van der Waals surface area (Å²) in [5.41, 5.74) is 6.14. The van der Waals surface area contributed by atoms with Crippen LogP contribution >= 0.6 is 0 Å². The standard InChI is InChI=1S/C26H28N4O2/c1-17-21(18(2)30-26(27-17)22-7-4-5-8-23(22)28-30)14-15-25(31)29-16-6-9-24(29)19-10-12-20(32-3)13-11-19/h4-5,7-8,10-13,24H,6,9,14-16H2,1-3H3. The van der Waals surface area contributed by atoms with E-state index in [2.05, 4.69) is 25.1 Å². The number of methoxy groups -OCH3 is 1. The number of nitrogens with zero attached hydrogens (tertiary/aromatic N) is 4. The number of aromatic nitrogens is 3. The van der Waals surface area contributed by atoms with Gasteiger partial charge in [0.25, 0.3) is 0 Å². The molecule has 6 nitrogen and oxygen atoms in total. The molecule has 0 spiro atoms. The molecule has 1 atom stereocenters. The number of likely N-dealkylation sites (tertiary alicyclic amines) is 1. The van der Waals surface area contributed by atoms with E-state index >= 15 is 0 Å². The van der Waals surface area contributed by atoms with Gasteiger partial charge in [0.15, 0.2) is 5.65 Å². The third kappa shape index (κ3) is 3.49. The second-order valence-electron chi connectivity index (χ2n) is 8.53. The van der Waals surface area contributed by atoms with Crippen LogP contribution in [0.4, 0.5) is 0 Å². The molecule has 4 aromatic rings. The molecule has 2 aromatic carbocycles. The molecule has 32 heavy (non-hydrogen) atoms. The minimum Gasteiger partial charge on any atom is -0.497 e. The van der Waals surface area contributed by atoms with E-state index in [4.69, 9.17) is 14.8 Å². The number of benzene rings is 2. The number of amides is 1. The summed E-state index contributed by atoms with van der Waals surface area (Å²) >= 11 is 0. The fourth-order valence-electron chi connectivity index (χ4n) is 4.95. The molecule has 5 rings (SSSR count). The molecule has 0 N–H and O–H groups in total. The van der Waals surface area contributed by atoms with Crippen LogP contribution in [0.2, 0.25) is 0 Å². The lowest BCUT2D eigenvalue weighted by Gasteiger charge is -2.25. The van der Waals surface area contributed by atoms with Crippen LogP contribution in [-0.4, -0.2) is 39.1 Å². The Balaban J connectivity index is 1.36. The Morgan fingerprint density at radius 2 is 1.91 bits per heavy atom. The molecule has 1 aliphatic heterocycles. The Hall–Kier alpha value is -3.41. The van der Waals surface area contributed by atoms with Crippen LogP contribution in [0.1, 0.15) is 47.8 Å². The fourth-order valence-corrected chi connectivity index (χ4v) is 4.95. The Bertz CT molecular complexity index is 1290. The van der Waals surface area contributed by atoms with Gasteiger partial charge in [0.2, 0.25) is 5.91 Å². The van der Waals surface area contributed by atoms with Crippen molar-refractivity contribution >= 4 is 22.5 Å². The molecule has 0 saturated carbocycles. The third-order valence-electron chi connectivity index (χ3n) is 6.68. The maximum absolute atomic E-state index is 13.2. The van der Waals surface area contributed by atoms with E-state index in [1.165, 1.54) is 5.56 Å². The highest BCUT2D eigenvalue weighted by atomic mass is 16.5. The molecule has 6 heteroatoms. The highest BCUT2D eigenvalue weighted by Gasteiger charge is 2.30. The second-order valence-corrected chi connectivity index (χ2v) is 8.53. The summed E-state index contributed by atoms with van der Waals surface area (Å²) in [5, 5.41) is 5.79. The van der Waals surface area contributed by atoms with Gasteiger partial charge in [-0.2, -0.15) is 5.10 Å². The molecular weight excluding hydrogens is 400 g/mol. The SMILES string of the molecule is COc1ccc(C2CCCN2C(=O)CCc2c(C)nc3c4ccccc4nn3c2C)cc1. The van der Waals surface area contributed by atoms with Gasteiger partial charge in [0, 0.05) is 29.7 Å². The molecular formula is C26H28N4O2. The number of ether oxygens (including phenoxy) is 1. The summed E-state index contributed by atoms with van der Waals surface area (Å²) in [4.78, 5) is 20.1. The number of fused-ring (bicyclic) bond motifs is 3. The Morgan fingerprint density at radius 1 is 1.12 bits per heavy atom. The van der Waals surface area contributed by atoms with Gasteiger partial charge < -0.3 is 9.64 Å². The van der Waals surface area contributed by atoms with Gasteiger partial charge in [-0.05, 0) is 68.5 Å². The van der Waals surface area contributed by atoms with Crippen molar-refractivity contribution in [3.63, 3.8) is 0 Å². The molecule has 1 fully saturated rings. The largest absolute Gasteiger partial charge is 0.497 e. The van der Waals surface area contributed by atoms with E-state index in [0.29, 0.717) is 12.8 Å². The highest BCUT2D eigenvalue weighted by molar-refractivity contribution is 5.92. The van der Waals surface area contributed by atoms with Crippen LogP contribution < -0.4 is 4.74 Å². The maximum atomic E-state index is 13.2. The van der Waals surface area contributed by atoms with Crippen molar-refractivity contribution in [1.29, 1.82) is 0 Å². The van der Waals surface area contributed by atoms with Crippen molar-refractivity contribution < 1.29 is 9.53 Å². The zero-order valence-electron chi connectivity index (χ0n) is 18.8. The summed E-state index contributed by atoms with van der Waals surface area (Å²) in [5.74, 6) is 1.04. The minimum absolute atomic E-state index is 0.146. The van der Waals surface area contributed by atoms with Crippen molar-refractivity contribution in [3.8, 4) is 5.75 Å². The van der Waals surface area contributed by atoms with Gasteiger partial charge in [-0.1, -0.05) is 24.3 Å². The predicted molar refractivity (Wildman–Crippen MR) is 125 cm³/mol. The monoisotopic (exact) mass is 428 g/mol. The Labute approximate surface area is 187 Å². The first-order valence-corrected chi connectivity index (χ1v) is 11.2. The van der Waals surface area contributed by atoms with E-state index in [1.54, 1.807) is 7.11 Å². The summed E-state index contributed by atoms with van der Waals surface area (Å²) in [6, 6.07) is 16.3. The van der Waals surface area contributed by atoms with Crippen LogP contribution in [0.15, 0.2) is 48.5 Å². The zero-order chi connectivity index (χ0) is 22.2. The molecule has 1 saturated heterocycles. The lowest BCUT2D eigenvalue weighted by atomic mass is 10.0. The number of aryl methyl sites for hydroxylation is 2. The van der Waals surface area contributed by atoms with Crippen molar-refractivity contribution in [2.24, 2.45) is 0 Å². The van der Waals surface area contributed by atoms with Crippen molar-refractivity contribution in [1.82, 2.24) is 19.5 Å². The number of carbonyl (C=O) groups excluding carboxylic acids is 1. The smallest absolute Gasteiger partial charge is 0.223 e. The predicted octanol–water partition coefficient (Wildman–Crippen LogP) is 4.80. The summed E-state index contributed by atoms with van der Waals surface area (Å²) in [6.07, 6.45) is 3.18. The minimum atomic E-state index is 0.146. The van der Waals surface area contributed by atoms with Gasteiger partial charge in [-0.15, -0.1) is 0 Å². The van der Waals surface area contributed by atoms with E-state index in [9.17, 15) is 4.79 Å². The maximum Gasteiger partial charge on any atom is 0.223 e. The van der Waals surface area contributed by atoms with E-state index in [0.717, 1.165) is 58.6 Å². The molecule has 164 valence electrons. The van der Waals surface area contributed by atoms with Crippen LogP contribution in [0, 0.1) is 13.8 Å². The molecule has 1 aliphatic rings. The number of hydrogen-bond acceptors (Lipinski definition) is 4. The van der Waals surface area contributed by atoms with E-state index in [1.807, 2.05) is 46.7 Å². The van der Waals surface area contributed by atoms with E-state index < -0.39 is 0 Å². The summed E-state index contributed by atoms with van der Waals surface area (Å²) in [6.45, 7) is 4.92. The second kappa shape index (κ2) is 8.26. The molecule has 1 amide bonds. The van der Waals surface area contributed by atoms with Crippen molar-refractivity contribution in [2.75, 3.05) is 13.7 Å². The molecule has 0 bridgehead atoms. The van der Waals surface area contributed by atoms with Gasteiger partial charge in [0.1, 0.15) is 5.75 Å². The average Bonchev–Trinajstić information content (AvgIpc) is 3.44. The fraction of sp³-hybridized carbons (Fsp3) is 0.346. The molecule has 2 aromatic heterocycles. The summed E-state index contributed by atoms with van der Waals surface area (Å²) in [7, 11) is 1.67. The van der Waals surface area contributed by atoms with Crippen molar-refractivity contribution in [2.45, 2.75) is 45.6 Å². The van der Waals surface area contributed by atoms with Gasteiger partial charge >= 0.3 is 0 Å². The van der Waals surface area contributed by atoms with Crippen LogP contribution in [0.25, 0.3) is 16.6 Å². The first-order chi connectivity index (χ1) is 15.6. The lowest BCUT2D eigenvalue weighted by Crippen LogP contribution is -2.30. The zero-order valence-corrected chi connectivity index (χ0v) is 18.8. The number of carbonyl (C=O) groups is 1. The molecule has 1 unspecified atom stereocenters. The van der Waals surface area contributed by atoms with Crippen LogP contribution in [-0.2, 0) is 11.2 Å². The number of rotatable bonds is 5. The Morgan fingerprint density at radius 3 is 2.69 bits per heavy atom. The van der Waals surface area contributed by atoms with E-state index in [-0.39, 0.29) is 11.9 Å². The molecule has 3 heterocycles.